The zero-order valence-corrected chi connectivity index (χ0v) is 10.1. The molecule has 1 saturated heterocycles. The van der Waals surface area contributed by atoms with E-state index in [0.29, 0.717) is 6.04 Å². The van der Waals surface area contributed by atoms with Crippen molar-refractivity contribution < 1.29 is 4.92 Å². The summed E-state index contributed by atoms with van der Waals surface area (Å²) in [7, 11) is 2.08. The molecule has 1 aromatic heterocycles. The van der Waals surface area contributed by atoms with Crippen LogP contribution in [0.25, 0.3) is 11.0 Å². The molecular formula is C12H14N4O2. The predicted octanol–water partition coefficient (Wildman–Crippen LogP) is 2.24. The molecule has 1 aromatic carbocycles. The SMILES string of the molecule is CN1CCC[C@@H]1c1nc2ccc([N+](=O)[O-])cc2[nH]1. The number of nitrogens with one attached hydrogen (secondary N) is 1. The van der Waals surface area contributed by atoms with Gasteiger partial charge in [0.05, 0.1) is 22.0 Å². The molecule has 18 heavy (non-hydrogen) atoms. The first kappa shape index (κ1) is 11.2. The summed E-state index contributed by atoms with van der Waals surface area (Å²) in [6.07, 6.45) is 2.25. The molecule has 3 rings (SSSR count). The van der Waals surface area contributed by atoms with E-state index in [1.54, 1.807) is 12.1 Å². The Hall–Kier alpha value is -1.95. The zero-order chi connectivity index (χ0) is 12.7. The third-order valence-electron chi connectivity index (χ3n) is 3.53. The molecule has 1 N–H and O–H groups in total. The van der Waals surface area contributed by atoms with Crippen molar-refractivity contribution in [1.29, 1.82) is 0 Å². The number of aromatic amines is 1. The average molecular weight is 246 g/mol. The van der Waals surface area contributed by atoms with Gasteiger partial charge in [-0.05, 0) is 32.5 Å². The first-order valence-corrected chi connectivity index (χ1v) is 5.99. The number of fused-ring (bicyclic) bond motifs is 1. The van der Waals surface area contributed by atoms with Crippen LogP contribution >= 0.6 is 0 Å². The fourth-order valence-corrected chi connectivity index (χ4v) is 2.54. The highest BCUT2D eigenvalue weighted by Gasteiger charge is 2.25. The topological polar surface area (TPSA) is 75.1 Å². The molecule has 0 bridgehead atoms. The quantitative estimate of drug-likeness (QED) is 0.651. The number of likely N-dealkylation sites (tertiary alicyclic amines) is 1. The standard InChI is InChI=1S/C12H14N4O2/c1-15-6-2-3-11(15)12-13-9-5-4-8(16(17)18)7-10(9)14-12/h4-5,7,11H,2-3,6H2,1H3,(H,13,14)/t11-/m1/s1. The second-order valence-corrected chi connectivity index (χ2v) is 4.72. The highest BCUT2D eigenvalue weighted by atomic mass is 16.6. The minimum Gasteiger partial charge on any atom is -0.340 e. The van der Waals surface area contributed by atoms with Gasteiger partial charge in [-0.25, -0.2) is 4.98 Å². The van der Waals surface area contributed by atoms with Crippen molar-refractivity contribution in [2.75, 3.05) is 13.6 Å². The highest BCUT2D eigenvalue weighted by molar-refractivity contribution is 5.77. The van der Waals surface area contributed by atoms with Crippen molar-refractivity contribution in [3.63, 3.8) is 0 Å². The summed E-state index contributed by atoms with van der Waals surface area (Å²) in [5.74, 6) is 0.908. The number of nitrogens with zero attached hydrogens (tertiary/aromatic N) is 3. The van der Waals surface area contributed by atoms with Crippen molar-refractivity contribution in [3.8, 4) is 0 Å². The number of rotatable bonds is 2. The number of H-pyrrole nitrogens is 1. The van der Waals surface area contributed by atoms with Gasteiger partial charge in [-0.2, -0.15) is 0 Å². The van der Waals surface area contributed by atoms with Gasteiger partial charge in [0.25, 0.3) is 5.69 Å². The first-order chi connectivity index (χ1) is 8.65. The zero-order valence-electron chi connectivity index (χ0n) is 10.1. The van der Waals surface area contributed by atoms with Gasteiger partial charge in [0.2, 0.25) is 0 Å². The van der Waals surface area contributed by atoms with E-state index in [1.807, 2.05) is 0 Å². The van der Waals surface area contributed by atoms with E-state index in [2.05, 4.69) is 21.9 Å². The van der Waals surface area contributed by atoms with E-state index in [4.69, 9.17) is 0 Å². The van der Waals surface area contributed by atoms with E-state index in [1.165, 1.54) is 12.5 Å². The lowest BCUT2D eigenvalue weighted by Gasteiger charge is -2.16. The summed E-state index contributed by atoms with van der Waals surface area (Å²) < 4.78 is 0. The molecule has 6 heteroatoms. The second kappa shape index (κ2) is 4.06. The largest absolute Gasteiger partial charge is 0.340 e. The van der Waals surface area contributed by atoms with Gasteiger partial charge in [-0.15, -0.1) is 0 Å². The van der Waals surface area contributed by atoms with Crippen LogP contribution in [-0.2, 0) is 0 Å². The van der Waals surface area contributed by atoms with Gasteiger partial charge in [0.15, 0.2) is 0 Å². The molecule has 6 nitrogen and oxygen atoms in total. The summed E-state index contributed by atoms with van der Waals surface area (Å²) in [6.45, 7) is 1.07. The van der Waals surface area contributed by atoms with Crippen LogP contribution in [0.2, 0.25) is 0 Å². The Morgan fingerprint density at radius 3 is 3.06 bits per heavy atom. The van der Waals surface area contributed by atoms with Gasteiger partial charge in [0.1, 0.15) is 5.82 Å². The van der Waals surface area contributed by atoms with Gasteiger partial charge in [-0.3, -0.25) is 15.0 Å². The Balaban J connectivity index is 2.02. The van der Waals surface area contributed by atoms with E-state index in [9.17, 15) is 10.1 Å². The molecule has 0 radical (unpaired) electrons. The predicted molar refractivity (Wildman–Crippen MR) is 67.4 cm³/mol. The van der Waals surface area contributed by atoms with E-state index >= 15 is 0 Å². The molecule has 0 unspecified atom stereocenters. The minimum absolute atomic E-state index is 0.0949. The summed E-state index contributed by atoms with van der Waals surface area (Å²) in [5.41, 5.74) is 1.62. The lowest BCUT2D eigenvalue weighted by molar-refractivity contribution is -0.384. The number of hydrogen-bond acceptors (Lipinski definition) is 4. The number of benzene rings is 1. The summed E-state index contributed by atoms with van der Waals surface area (Å²) in [5, 5.41) is 10.7. The van der Waals surface area contributed by atoms with Crippen LogP contribution in [0.15, 0.2) is 18.2 Å². The summed E-state index contributed by atoms with van der Waals surface area (Å²) in [4.78, 5) is 20.3. The molecule has 94 valence electrons. The van der Waals surface area contributed by atoms with Crippen LogP contribution in [-0.4, -0.2) is 33.4 Å². The lowest BCUT2D eigenvalue weighted by atomic mass is 10.2. The number of aromatic nitrogens is 2. The summed E-state index contributed by atoms with van der Waals surface area (Å²) >= 11 is 0. The van der Waals surface area contributed by atoms with E-state index < -0.39 is 0 Å². The molecule has 1 atom stereocenters. The fourth-order valence-electron chi connectivity index (χ4n) is 2.54. The molecule has 0 amide bonds. The van der Waals surface area contributed by atoms with Crippen LogP contribution in [0.4, 0.5) is 5.69 Å². The van der Waals surface area contributed by atoms with Gasteiger partial charge >= 0.3 is 0 Å². The van der Waals surface area contributed by atoms with Crippen LogP contribution < -0.4 is 0 Å². The molecule has 0 spiro atoms. The van der Waals surface area contributed by atoms with E-state index in [0.717, 1.165) is 29.8 Å². The van der Waals surface area contributed by atoms with Crippen molar-refractivity contribution in [1.82, 2.24) is 14.9 Å². The molecule has 0 saturated carbocycles. The van der Waals surface area contributed by atoms with Gasteiger partial charge < -0.3 is 4.98 Å². The molecule has 1 fully saturated rings. The van der Waals surface area contributed by atoms with Crippen LogP contribution in [0.1, 0.15) is 24.7 Å². The van der Waals surface area contributed by atoms with Crippen molar-refractivity contribution in [2.24, 2.45) is 0 Å². The Morgan fingerprint density at radius 2 is 2.39 bits per heavy atom. The lowest BCUT2D eigenvalue weighted by Crippen LogP contribution is -2.18. The molecule has 0 aliphatic carbocycles. The first-order valence-electron chi connectivity index (χ1n) is 5.99. The number of non-ortho nitro benzene ring substituents is 1. The maximum absolute atomic E-state index is 10.7. The van der Waals surface area contributed by atoms with Crippen LogP contribution in [0.5, 0.6) is 0 Å². The van der Waals surface area contributed by atoms with Crippen LogP contribution in [0, 0.1) is 10.1 Å². The number of nitro groups is 1. The molecule has 2 heterocycles. The normalized spacial score (nSPS) is 20.6. The van der Waals surface area contributed by atoms with Crippen LogP contribution in [0.3, 0.4) is 0 Å². The highest BCUT2D eigenvalue weighted by Crippen LogP contribution is 2.30. The summed E-state index contributed by atoms with van der Waals surface area (Å²) in [6, 6.07) is 5.03. The number of nitro benzene ring substituents is 1. The molecule has 1 aliphatic heterocycles. The van der Waals surface area contributed by atoms with Gasteiger partial charge in [0, 0.05) is 12.1 Å². The van der Waals surface area contributed by atoms with Crippen molar-refractivity contribution in [2.45, 2.75) is 18.9 Å². The smallest absolute Gasteiger partial charge is 0.271 e. The van der Waals surface area contributed by atoms with Crippen molar-refractivity contribution >= 4 is 16.7 Å². The minimum atomic E-state index is -0.387. The third kappa shape index (κ3) is 1.74. The average Bonchev–Trinajstić information content (AvgIpc) is 2.92. The maximum Gasteiger partial charge on any atom is 0.271 e. The van der Waals surface area contributed by atoms with E-state index in [-0.39, 0.29) is 10.6 Å². The maximum atomic E-state index is 10.7. The third-order valence-corrected chi connectivity index (χ3v) is 3.53. The molecule has 1 aliphatic rings. The Morgan fingerprint density at radius 1 is 1.56 bits per heavy atom. The van der Waals surface area contributed by atoms with Gasteiger partial charge in [-0.1, -0.05) is 0 Å². The molecule has 2 aromatic rings. The Labute approximate surface area is 104 Å². The van der Waals surface area contributed by atoms with Crippen molar-refractivity contribution in [3.05, 3.63) is 34.1 Å². The number of imidazole rings is 1. The fraction of sp³-hybridized carbons (Fsp3) is 0.417. The second-order valence-electron chi connectivity index (χ2n) is 4.72. The Kier molecular flexibility index (Phi) is 2.52. The number of hydrogen-bond donors (Lipinski definition) is 1. The Bertz CT molecular complexity index is 607. The monoisotopic (exact) mass is 246 g/mol. The molecular weight excluding hydrogens is 232 g/mol.